The normalized spacial score (nSPS) is 20.1. The van der Waals surface area contributed by atoms with Crippen LogP contribution in [-0.2, 0) is 19.0 Å². The van der Waals surface area contributed by atoms with Crippen LogP contribution < -0.4 is 20.9 Å². The van der Waals surface area contributed by atoms with Crippen molar-refractivity contribution in [2.45, 2.75) is 69.6 Å². The number of aromatic nitrogens is 2. The van der Waals surface area contributed by atoms with Gasteiger partial charge in [-0.2, -0.15) is 18.2 Å². The highest BCUT2D eigenvalue weighted by Gasteiger charge is 2.31. The summed E-state index contributed by atoms with van der Waals surface area (Å²) in [6, 6.07) is 3.52. The molecule has 3 N–H and O–H groups in total. The smallest absolute Gasteiger partial charge is 0.362 e. The fourth-order valence-electron chi connectivity index (χ4n) is 4.71. The Kier molecular flexibility index (Phi) is 7.90. The van der Waals surface area contributed by atoms with Gasteiger partial charge >= 0.3 is 6.18 Å². The zero-order valence-electron chi connectivity index (χ0n) is 19.8. The van der Waals surface area contributed by atoms with Crippen molar-refractivity contribution >= 4 is 46.4 Å². The second-order valence-corrected chi connectivity index (χ2v) is 10.2. The topological polar surface area (TPSA) is 65.1 Å². The lowest BCUT2D eigenvalue weighted by atomic mass is 9.91. The molecular weight excluding hydrogens is 497 g/mol. The van der Waals surface area contributed by atoms with Gasteiger partial charge in [-0.1, -0.05) is 11.6 Å². The van der Waals surface area contributed by atoms with Gasteiger partial charge in [-0.15, -0.1) is 0 Å². The van der Waals surface area contributed by atoms with Crippen LogP contribution in [0, 0.1) is 0 Å². The number of nitrogens with zero attached hydrogens (tertiary/aromatic N) is 3. The maximum absolute atomic E-state index is 13.0. The minimum absolute atomic E-state index is 0.124. The third kappa shape index (κ3) is 6.46. The average molecular weight is 527 g/mol. The Morgan fingerprint density at radius 1 is 1.06 bits per heavy atom. The molecule has 1 fully saturated rings. The first-order valence-electron chi connectivity index (χ1n) is 11.9. The molecule has 2 aliphatic carbocycles. The van der Waals surface area contributed by atoms with Crippen molar-refractivity contribution < 1.29 is 13.2 Å². The van der Waals surface area contributed by atoms with Crippen LogP contribution in [0.25, 0.3) is 0 Å². The molecule has 0 amide bonds. The highest BCUT2D eigenvalue weighted by Crippen LogP contribution is 2.34. The van der Waals surface area contributed by atoms with Gasteiger partial charge in [-0.3, -0.25) is 0 Å². The van der Waals surface area contributed by atoms with E-state index in [1.54, 1.807) is 0 Å². The third-order valence-corrected chi connectivity index (χ3v) is 7.07. The summed E-state index contributed by atoms with van der Waals surface area (Å²) in [7, 11) is 4.03. The number of thiocarbonyl (C=S) groups is 1. The van der Waals surface area contributed by atoms with Gasteiger partial charge < -0.3 is 20.9 Å². The Morgan fingerprint density at radius 3 is 2.43 bits per heavy atom. The molecule has 0 radical (unpaired) electrons. The summed E-state index contributed by atoms with van der Waals surface area (Å²) in [6.07, 6.45) is 3.44. The first-order valence-corrected chi connectivity index (χ1v) is 12.7. The molecule has 0 aliphatic heterocycles. The van der Waals surface area contributed by atoms with E-state index in [-0.39, 0.29) is 27.9 Å². The minimum Gasteiger partial charge on any atom is -0.362 e. The highest BCUT2D eigenvalue weighted by molar-refractivity contribution is 7.80. The fraction of sp³-hybridized carbons (Fsp3) is 0.542. The summed E-state index contributed by atoms with van der Waals surface area (Å²) >= 11 is 11.4. The van der Waals surface area contributed by atoms with Crippen LogP contribution in [0.15, 0.2) is 18.2 Å². The summed E-state index contributed by atoms with van der Waals surface area (Å²) in [5, 5.41) is 9.99. The maximum Gasteiger partial charge on any atom is 0.416 e. The van der Waals surface area contributed by atoms with E-state index in [4.69, 9.17) is 33.8 Å². The maximum atomic E-state index is 13.0. The number of aryl methyl sites for hydroxylation is 1. The Balaban J connectivity index is 1.31. The van der Waals surface area contributed by atoms with E-state index in [9.17, 15) is 13.2 Å². The molecular formula is C24H30ClF3N6S. The number of benzene rings is 1. The molecule has 1 aromatic heterocycles. The zero-order chi connectivity index (χ0) is 25.2. The van der Waals surface area contributed by atoms with Crippen molar-refractivity contribution in [3.05, 3.63) is 40.0 Å². The molecule has 11 heteroatoms. The number of anilines is 3. The minimum atomic E-state index is -4.45. The molecule has 190 valence electrons. The van der Waals surface area contributed by atoms with Gasteiger partial charge in [0.15, 0.2) is 5.11 Å². The lowest BCUT2D eigenvalue weighted by Gasteiger charge is -2.31. The van der Waals surface area contributed by atoms with Gasteiger partial charge in [0, 0.05) is 31.7 Å². The molecule has 1 heterocycles. The Hall–Kier alpha value is -2.33. The number of nitrogens with one attached hydrogen (secondary N) is 3. The summed E-state index contributed by atoms with van der Waals surface area (Å²) in [5.41, 5.74) is 1.77. The van der Waals surface area contributed by atoms with Gasteiger partial charge in [0.1, 0.15) is 5.82 Å². The standard InChI is InChI=1S/C24H30ClF3N6S/c1-34(2)21-17-5-3-4-6-19(17)31-22(33-21)29-15-8-10-16(11-9-15)30-23(35)32-20-13-14(24(26,27)28)7-12-18(20)25/h7,12-13,15-16H,3-6,8-11H2,1-2H3,(H,29,31,33)(H2,30,32,35)/t15-,16+. The molecule has 0 unspecified atom stereocenters. The Labute approximate surface area is 214 Å². The Morgan fingerprint density at radius 2 is 1.74 bits per heavy atom. The number of hydrogen-bond donors (Lipinski definition) is 3. The molecule has 0 saturated heterocycles. The van der Waals surface area contributed by atoms with Crippen LogP contribution in [-0.4, -0.2) is 41.3 Å². The molecule has 4 rings (SSSR count). The lowest BCUT2D eigenvalue weighted by molar-refractivity contribution is -0.137. The van der Waals surface area contributed by atoms with Crippen molar-refractivity contribution in [2.24, 2.45) is 0 Å². The van der Waals surface area contributed by atoms with E-state index in [0.29, 0.717) is 5.95 Å². The van der Waals surface area contributed by atoms with E-state index in [2.05, 4.69) is 20.9 Å². The van der Waals surface area contributed by atoms with E-state index >= 15 is 0 Å². The van der Waals surface area contributed by atoms with Crippen LogP contribution >= 0.6 is 23.8 Å². The van der Waals surface area contributed by atoms with Crippen LogP contribution in [0.1, 0.15) is 55.3 Å². The predicted molar refractivity (Wildman–Crippen MR) is 138 cm³/mol. The summed E-state index contributed by atoms with van der Waals surface area (Å²) in [5.74, 6) is 1.68. The number of hydrogen-bond acceptors (Lipinski definition) is 5. The first kappa shape index (κ1) is 25.8. The van der Waals surface area contributed by atoms with E-state index in [0.717, 1.165) is 68.6 Å². The first-order chi connectivity index (χ1) is 16.6. The van der Waals surface area contributed by atoms with Gasteiger partial charge in [-0.25, -0.2) is 4.98 Å². The van der Waals surface area contributed by atoms with E-state index in [1.807, 2.05) is 14.1 Å². The second-order valence-electron chi connectivity index (χ2n) is 9.38. The largest absolute Gasteiger partial charge is 0.416 e. The fourth-order valence-corrected chi connectivity index (χ4v) is 5.16. The molecule has 1 aromatic carbocycles. The molecule has 2 aliphatic rings. The second kappa shape index (κ2) is 10.7. The molecule has 0 spiro atoms. The molecule has 2 aromatic rings. The quantitative estimate of drug-likeness (QED) is 0.425. The van der Waals surface area contributed by atoms with Crippen molar-refractivity contribution in [1.29, 1.82) is 0 Å². The SMILES string of the molecule is CN(C)c1nc(N[C@H]2CC[C@@H](NC(=S)Nc3cc(C(F)(F)F)ccc3Cl)CC2)nc2c1CCCC2. The molecule has 35 heavy (non-hydrogen) atoms. The number of alkyl halides is 3. The summed E-state index contributed by atoms with van der Waals surface area (Å²) < 4.78 is 39.0. The number of halogens is 4. The summed E-state index contributed by atoms with van der Waals surface area (Å²) in [6.45, 7) is 0. The van der Waals surface area contributed by atoms with Crippen molar-refractivity contribution in [3.8, 4) is 0 Å². The van der Waals surface area contributed by atoms with Gasteiger partial charge in [0.25, 0.3) is 0 Å². The van der Waals surface area contributed by atoms with Crippen LogP contribution in [0.4, 0.5) is 30.6 Å². The Bertz CT molecular complexity index is 1070. The average Bonchev–Trinajstić information content (AvgIpc) is 2.80. The summed E-state index contributed by atoms with van der Waals surface area (Å²) in [4.78, 5) is 11.7. The number of fused-ring (bicyclic) bond motifs is 1. The monoisotopic (exact) mass is 526 g/mol. The highest BCUT2D eigenvalue weighted by atomic mass is 35.5. The van der Waals surface area contributed by atoms with E-state index < -0.39 is 11.7 Å². The van der Waals surface area contributed by atoms with Crippen molar-refractivity contribution in [2.75, 3.05) is 29.6 Å². The lowest BCUT2D eigenvalue weighted by Crippen LogP contribution is -2.42. The predicted octanol–water partition coefficient (Wildman–Crippen LogP) is 5.80. The van der Waals surface area contributed by atoms with Crippen LogP contribution in [0.5, 0.6) is 0 Å². The van der Waals surface area contributed by atoms with Crippen LogP contribution in [0.3, 0.4) is 0 Å². The number of rotatable bonds is 5. The molecule has 0 bridgehead atoms. The van der Waals surface area contributed by atoms with Gasteiger partial charge in [0.05, 0.1) is 22.0 Å². The molecule has 0 atom stereocenters. The van der Waals surface area contributed by atoms with Gasteiger partial charge in [-0.05, 0) is 81.8 Å². The van der Waals surface area contributed by atoms with Gasteiger partial charge in [0.2, 0.25) is 5.95 Å². The third-order valence-electron chi connectivity index (χ3n) is 6.52. The van der Waals surface area contributed by atoms with Crippen molar-refractivity contribution in [1.82, 2.24) is 15.3 Å². The van der Waals surface area contributed by atoms with Crippen molar-refractivity contribution in [3.63, 3.8) is 0 Å². The van der Waals surface area contributed by atoms with E-state index in [1.165, 1.54) is 18.1 Å². The molecule has 1 saturated carbocycles. The molecule has 6 nitrogen and oxygen atoms in total. The van der Waals surface area contributed by atoms with Crippen LogP contribution in [0.2, 0.25) is 5.02 Å². The zero-order valence-corrected chi connectivity index (χ0v) is 21.4.